The van der Waals surface area contributed by atoms with Gasteiger partial charge < -0.3 is 24.6 Å². The Morgan fingerprint density at radius 2 is 1.75 bits per heavy atom. The van der Waals surface area contributed by atoms with E-state index in [9.17, 15) is 4.79 Å². The lowest BCUT2D eigenvalue weighted by Crippen LogP contribution is -2.46. The summed E-state index contributed by atoms with van der Waals surface area (Å²) < 4.78 is 10.5. The molecule has 1 heterocycles. The fourth-order valence-electron chi connectivity index (χ4n) is 2.87. The molecule has 0 unspecified atom stereocenters. The van der Waals surface area contributed by atoms with Crippen LogP contribution in [-0.2, 0) is 11.3 Å². The lowest BCUT2D eigenvalue weighted by atomic mass is 10.2. The molecule has 134 valence electrons. The van der Waals surface area contributed by atoms with Gasteiger partial charge >= 0.3 is 0 Å². The summed E-state index contributed by atoms with van der Waals surface area (Å²) >= 11 is 0. The Hall–Kier alpha value is -1.79. The molecule has 0 radical (unpaired) electrons. The average molecular weight is 335 g/mol. The Morgan fingerprint density at radius 1 is 1.08 bits per heavy atom. The van der Waals surface area contributed by atoms with E-state index < -0.39 is 0 Å². The summed E-state index contributed by atoms with van der Waals surface area (Å²) in [5.74, 6) is 1.46. The van der Waals surface area contributed by atoms with Crippen LogP contribution < -0.4 is 14.8 Å². The van der Waals surface area contributed by atoms with Crippen molar-refractivity contribution in [2.24, 2.45) is 0 Å². The third-order valence-electron chi connectivity index (χ3n) is 4.50. The summed E-state index contributed by atoms with van der Waals surface area (Å²) in [5, 5.41) is 2.97. The zero-order valence-corrected chi connectivity index (χ0v) is 15.0. The maximum absolute atomic E-state index is 12.1. The zero-order chi connectivity index (χ0) is 17.4. The number of rotatable bonds is 8. The first-order valence-electron chi connectivity index (χ1n) is 8.58. The summed E-state index contributed by atoms with van der Waals surface area (Å²) in [4.78, 5) is 16.9. The topological polar surface area (TPSA) is 54.0 Å². The van der Waals surface area contributed by atoms with Crippen LogP contribution in [0.3, 0.4) is 0 Å². The quantitative estimate of drug-likeness (QED) is 0.777. The van der Waals surface area contributed by atoms with Crippen LogP contribution in [-0.4, -0.2) is 69.2 Å². The van der Waals surface area contributed by atoms with E-state index in [2.05, 4.69) is 22.0 Å². The van der Waals surface area contributed by atoms with Crippen molar-refractivity contribution in [3.8, 4) is 11.5 Å². The van der Waals surface area contributed by atoms with Crippen LogP contribution in [0, 0.1) is 0 Å². The largest absolute Gasteiger partial charge is 0.493 e. The second kappa shape index (κ2) is 9.49. The molecule has 0 aromatic heterocycles. The fourth-order valence-corrected chi connectivity index (χ4v) is 2.87. The first kappa shape index (κ1) is 18.5. The van der Waals surface area contributed by atoms with Crippen molar-refractivity contribution in [1.29, 1.82) is 0 Å². The van der Waals surface area contributed by atoms with Crippen LogP contribution in [0.4, 0.5) is 0 Å². The smallest absolute Gasteiger partial charge is 0.221 e. The third kappa shape index (κ3) is 5.39. The summed E-state index contributed by atoms with van der Waals surface area (Å²) in [6.07, 6.45) is 0.541. The number of carbonyl (C=O) groups is 1. The Labute approximate surface area is 144 Å². The van der Waals surface area contributed by atoms with E-state index >= 15 is 0 Å². The van der Waals surface area contributed by atoms with Gasteiger partial charge in [-0.05, 0) is 24.2 Å². The Bertz CT molecular complexity index is 528. The molecule has 1 saturated heterocycles. The first-order chi connectivity index (χ1) is 11.7. The van der Waals surface area contributed by atoms with Gasteiger partial charge in [0.25, 0.3) is 0 Å². The van der Waals surface area contributed by atoms with Crippen molar-refractivity contribution >= 4 is 5.91 Å². The van der Waals surface area contributed by atoms with E-state index in [1.165, 1.54) is 0 Å². The second-order valence-electron chi connectivity index (χ2n) is 5.99. The molecule has 1 amide bonds. The number of methoxy groups -OCH3 is 2. The average Bonchev–Trinajstić information content (AvgIpc) is 2.64. The molecule has 0 aliphatic carbocycles. The van der Waals surface area contributed by atoms with Crippen molar-refractivity contribution < 1.29 is 14.3 Å². The maximum Gasteiger partial charge on any atom is 0.221 e. The monoisotopic (exact) mass is 335 g/mol. The molecule has 24 heavy (non-hydrogen) atoms. The molecule has 2 rings (SSSR count). The molecule has 1 N–H and O–H groups in total. The molecule has 6 heteroatoms. The van der Waals surface area contributed by atoms with Gasteiger partial charge in [-0.3, -0.25) is 4.79 Å². The van der Waals surface area contributed by atoms with Crippen LogP contribution in [0.5, 0.6) is 11.5 Å². The number of ether oxygens (including phenoxy) is 2. The van der Waals surface area contributed by atoms with Gasteiger partial charge in [-0.15, -0.1) is 0 Å². The predicted molar refractivity (Wildman–Crippen MR) is 94.6 cm³/mol. The van der Waals surface area contributed by atoms with Crippen LogP contribution in [0.1, 0.15) is 18.9 Å². The molecular weight excluding hydrogens is 306 g/mol. The van der Waals surface area contributed by atoms with Crippen LogP contribution >= 0.6 is 0 Å². The predicted octanol–water partition coefficient (Wildman–Crippen LogP) is 1.35. The van der Waals surface area contributed by atoms with Crippen molar-refractivity contribution in [2.75, 3.05) is 53.5 Å². The van der Waals surface area contributed by atoms with Crippen LogP contribution in [0.25, 0.3) is 0 Å². The van der Waals surface area contributed by atoms with Crippen LogP contribution in [0.15, 0.2) is 18.2 Å². The van der Waals surface area contributed by atoms with Gasteiger partial charge in [0.15, 0.2) is 11.5 Å². The molecule has 1 fully saturated rings. The minimum absolute atomic E-state index is 0.0858. The fraction of sp³-hybridized carbons (Fsp3) is 0.611. The molecule has 0 bridgehead atoms. The highest BCUT2D eigenvalue weighted by Crippen LogP contribution is 2.27. The number of carbonyl (C=O) groups excluding carboxylic acids is 1. The number of hydrogen-bond acceptors (Lipinski definition) is 5. The minimum Gasteiger partial charge on any atom is -0.493 e. The highest BCUT2D eigenvalue weighted by atomic mass is 16.5. The van der Waals surface area contributed by atoms with E-state index in [0.717, 1.165) is 44.8 Å². The lowest BCUT2D eigenvalue weighted by molar-refractivity contribution is -0.121. The number of nitrogens with one attached hydrogen (secondary N) is 1. The van der Waals surface area contributed by atoms with E-state index in [1.54, 1.807) is 14.2 Å². The number of likely N-dealkylation sites (N-methyl/N-ethyl adjacent to an activating group) is 1. The molecular formula is C18H29N3O3. The molecule has 0 spiro atoms. The van der Waals surface area contributed by atoms with Crippen molar-refractivity contribution in [3.63, 3.8) is 0 Å². The Kier molecular flexibility index (Phi) is 7.34. The van der Waals surface area contributed by atoms with Gasteiger partial charge in [0.2, 0.25) is 5.91 Å². The minimum atomic E-state index is 0.0858. The molecule has 1 aliphatic heterocycles. The summed E-state index contributed by atoms with van der Waals surface area (Å²) in [7, 11) is 3.22. The van der Waals surface area contributed by atoms with E-state index in [-0.39, 0.29) is 5.91 Å². The van der Waals surface area contributed by atoms with Crippen molar-refractivity contribution in [3.05, 3.63) is 23.8 Å². The highest BCUT2D eigenvalue weighted by molar-refractivity contribution is 5.76. The van der Waals surface area contributed by atoms with E-state index in [4.69, 9.17) is 9.47 Å². The number of hydrogen-bond donors (Lipinski definition) is 1. The molecule has 0 atom stereocenters. The third-order valence-corrected chi connectivity index (χ3v) is 4.50. The summed E-state index contributed by atoms with van der Waals surface area (Å²) in [6.45, 7) is 8.94. The molecule has 1 aromatic rings. The molecule has 6 nitrogen and oxygen atoms in total. The maximum atomic E-state index is 12.1. The van der Waals surface area contributed by atoms with Gasteiger partial charge in [-0.2, -0.15) is 0 Å². The normalized spacial score (nSPS) is 16.0. The summed E-state index contributed by atoms with van der Waals surface area (Å²) in [6, 6.07) is 5.68. The summed E-state index contributed by atoms with van der Waals surface area (Å²) in [5.41, 5.74) is 0.998. The van der Waals surface area contributed by atoms with E-state index in [1.807, 2.05) is 18.2 Å². The number of amides is 1. The van der Waals surface area contributed by atoms with Crippen molar-refractivity contribution in [2.45, 2.75) is 19.9 Å². The Balaban J connectivity index is 1.71. The number of benzene rings is 1. The van der Waals surface area contributed by atoms with Gasteiger partial charge in [0.05, 0.1) is 14.2 Å². The number of piperazine rings is 1. The van der Waals surface area contributed by atoms with Crippen LogP contribution in [0.2, 0.25) is 0 Å². The molecule has 1 aromatic carbocycles. The standard InChI is InChI=1S/C18H29N3O3/c1-4-20-9-11-21(12-10-20)8-7-18(22)19-14-15-5-6-16(23-2)17(13-15)24-3/h5-6,13H,4,7-12,14H2,1-3H3,(H,19,22). The highest BCUT2D eigenvalue weighted by Gasteiger charge is 2.16. The van der Waals surface area contributed by atoms with Gasteiger partial charge in [-0.1, -0.05) is 13.0 Å². The van der Waals surface area contributed by atoms with Crippen molar-refractivity contribution in [1.82, 2.24) is 15.1 Å². The van der Waals surface area contributed by atoms with E-state index in [0.29, 0.717) is 24.5 Å². The SMILES string of the molecule is CCN1CCN(CCC(=O)NCc2ccc(OC)c(OC)c2)CC1. The second-order valence-corrected chi connectivity index (χ2v) is 5.99. The Morgan fingerprint density at radius 3 is 2.38 bits per heavy atom. The van der Waals surface area contributed by atoms with Gasteiger partial charge in [-0.25, -0.2) is 0 Å². The molecule has 0 saturated carbocycles. The van der Waals surface area contributed by atoms with Gasteiger partial charge in [0.1, 0.15) is 0 Å². The number of nitrogens with zero attached hydrogens (tertiary/aromatic N) is 2. The van der Waals surface area contributed by atoms with Gasteiger partial charge in [0, 0.05) is 45.7 Å². The lowest BCUT2D eigenvalue weighted by Gasteiger charge is -2.33. The molecule has 1 aliphatic rings. The first-order valence-corrected chi connectivity index (χ1v) is 8.58. The zero-order valence-electron chi connectivity index (χ0n) is 15.0.